The number of nitrogens with two attached hydrogens (primary N) is 1. The van der Waals surface area contributed by atoms with Crippen molar-refractivity contribution in [2.45, 2.75) is 6.42 Å². The molecule has 0 saturated heterocycles. The SMILES string of the molecule is N#Cc1cccc(CC(=N)N)n1. The van der Waals surface area contributed by atoms with Crippen LogP contribution >= 0.6 is 0 Å². The highest BCUT2D eigenvalue weighted by molar-refractivity contribution is 5.78. The molecule has 0 saturated carbocycles. The van der Waals surface area contributed by atoms with Crippen LogP contribution in [0.5, 0.6) is 0 Å². The normalized spacial score (nSPS) is 8.92. The molecule has 0 fully saturated rings. The number of nitrogens with zero attached hydrogens (tertiary/aromatic N) is 2. The summed E-state index contributed by atoms with van der Waals surface area (Å²) in [6.45, 7) is 0. The zero-order valence-electron chi connectivity index (χ0n) is 6.41. The van der Waals surface area contributed by atoms with Crippen molar-refractivity contribution in [2.24, 2.45) is 5.73 Å². The molecule has 1 heterocycles. The lowest BCUT2D eigenvalue weighted by Crippen LogP contribution is -2.13. The van der Waals surface area contributed by atoms with Gasteiger partial charge in [-0.25, -0.2) is 4.98 Å². The van der Waals surface area contributed by atoms with E-state index in [1.165, 1.54) is 0 Å². The zero-order valence-corrected chi connectivity index (χ0v) is 6.41. The van der Waals surface area contributed by atoms with Gasteiger partial charge in [0, 0.05) is 12.1 Å². The minimum Gasteiger partial charge on any atom is -0.387 e. The molecule has 0 aromatic carbocycles. The molecular formula is C8H8N4. The average Bonchev–Trinajstić information content (AvgIpc) is 2.03. The van der Waals surface area contributed by atoms with Crippen molar-refractivity contribution in [2.75, 3.05) is 0 Å². The molecule has 0 bridgehead atoms. The van der Waals surface area contributed by atoms with Crippen LogP contribution in [0.25, 0.3) is 0 Å². The molecule has 0 aliphatic heterocycles. The van der Waals surface area contributed by atoms with Gasteiger partial charge in [-0.15, -0.1) is 0 Å². The Kier molecular flexibility index (Phi) is 2.38. The smallest absolute Gasteiger partial charge is 0.140 e. The van der Waals surface area contributed by atoms with Gasteiger partial charge in [0.05, 0.1) is 5.84 Å². The molecule has 0 spiro atoms. The number of amidine groups is 1. The van der Waals surface area contributed by atoms with Crippen LogP contribution in [0.15, 0.2) is 18.2 Å². The average molecular weight is 160 g/mol. The molecule has 3 N–H and O–H groups in total. The quantitative estimate of drug-likeness (QED) is 0.486. The molecule has 0 aliphatic rings. The Morgan fingerprint density at radius 1 is 1.67 bits per heavy atom. The maximum Gasteiger partial charge on any atom is 0.140 e. The highest BCUT2D eigenvalue weighted by Gasteiger charge is 1.97. The van der Waals surface area contributed by atoms with Gasteiger partial charge in [-0.05, 0) is 12.1 Å². The van der Waals surface area contributed by atoms with Crippen molar-refractivity contribution in [1.29, 1.82) is 10.7 Å². The van der Waals surface area contributed by atoms with Gasteiger partial charge >= 0.3 is 0 Å². The Labute approximate surface area is 70.2 Å². The van der Waals surface area contributed by atoms with Crippen LogP contribution < -0.4 is 5.73 Å². The first-order chi connectivity index (χ1) is 5.72. The maximum atomic E-state index is 8.50. The number of rotatable bonds is 2. The van der Waals surface area contributed by atoms with Crippen molar-refractivity contribution < 1.29 is 0 Å². The minimum absolute atomic E-state index is 0.0533. The van der Waals surface area contributed by atoms with Gasteiger partial charge < -0.3 is 5.73 Å². The van der Waals surface area contributed by atoms with Crippen molar-refractivity contribution in [3.8, 4) is 6.07 Å². The van der Waals surface area contributed by atoms with Gasteiger partial charge in [-0.1, -0.05) is 6.07 Å². The van der Waals surface area contributed by atoms with Gasteiger partial charge in [0.15, 0.2) is 0 Å². The van der Waals surface area contributed by atoms with E-state index < -0.39 is 0 Å². The number of nitriles is 1. The summed E-state index contributed by atoms with van der Waals surface area (Å²) in [5.41, 5.74) is 6.19. The molecule has 1 aromatic heterocycles. The molecule has 1 rings (SSSR count). The van der Waals surface area contributed by atoms with E-state index in [0.717, 1.165) is 0 Å². The van der Waals surface area contributed by atoms with E-state index >= 15 is 0 Å². The van der Waals surface area contributed by atoms with Crippen molar-refractivity contribution in [1.82, 2.24) is 4.98 Å². The second kappa shape index (κ2) is 3.49. The first-order valence-corrected chi connectivity index (χ1v) is 3.41. The van der Waals surface area contributed by atoms with E-state index in [2.05, 4.69) is 4.98 Å². The van der Waals surface area contributed by atoms with E-state index in [9.17, 15) is 0 Å². The largest absolute Gasteiger partial charge is 0.387 e. The fourth-order valence-corrected chi connectivity index (χ4v) is 0.835. The van der Waals surface area contributed by atoms with Gasteiger partial charge in [0.25, 0.3) is 0 Å². The Morgan fingerprint density at radius 2 is 2.42 bits per heavy atom. The first kappa shape index (κ1) is 8.21. The number of nitrogens with one attached hydrogen (secondary N) is 1. The Bertz CT molecular complexity index is 337. The number of hydrogen-bond acceptors (Lipinski definition) is 3. The monoisotopic (exact) mass is 160 g/mol. The van der Waals surface area contributed by atoms with Crippen LogP contribution in [0.3, 0.4) is 0 Å². The summed E-state index contributed by atoms with van der Waals surface area (Å²) in [6.07, 6.45) is 0.301. The molecule has 1 aromatic rings. The number of aromatic nitrogens is 1. The van der Waals surface area contributed by atoms with Crippen LogP contribution in [-0.2, 0) is 6.42 Å². The summed E-state index contributed by atoms with van der Waals surface area (Å²) in [5, 5.41) is 15.5. The highest BCUT2D eigenvalue weighted by atomic mass is 14.7. The predicted molar refractivity (Wildman–Crippen MR) is 44.6 cm³/mol. The third kappa shape index (κ3) is 2.06. The summed E-state index contributed by atoms with van der Waals surface area (Å²) in [7, 11) is 0. The highest BCUT2D eigenvalue weighted by Crippen LogP contribution is 1.98. The molecule has 0 unspecified atom stereocenters. The van der Waals surface area contributed by atoms with E-state index in [1.807, 2.05) is 6.07 Å². The van der Waals surface area contributed by atoms with E-state index in [1.54, 1.807) is 18.2 Å². The summed E-state index contributed by atoms with van der Waals surface area (Å²) in [5.74, 6) is 0.0533. The van der Waals surface area contributed by atoms with Gasteiger partial charge in [0.1, 0.15) is 11.8 Å². The molecular weight excluding hydrogens is 152 g/mol. The lowest BCUT2D eigenvalue weighted by Gasteiger charge is -1.97. The Hall–Kier alpha value is -1.89. The van der Waals surface area contributed by atoms with Crippen LogP contribution in [0.4, 0.5) is 0 Å². The zero-order chi connectivity index (χ0) is 8.97. The van der Waals surface area contributed by atoms with Crippen LogP contribution in [-0.4, -0.2) is 10.8 Å². The molecule has 4 heteroatoms. The van der Waals surface area contributed by atoms with Crippen LogP contribution in [0.2, 0.25) is 0 Å². The fraction of sp³-hybridized carbons (Fsp3) is 0.125. The second-order valence-corrected chi connectivity index (χ2v) is 2.33. The molecule has 12 heavy (non-hydrogen) atoms. The Balaban J connectivity index is 2.88. The fourth-order valence-electron chi connectivity index (χ4n) is 0.835. The third-order valence-electron chi connectivity index (χ3n) is 1.29. The second-order valence-electron chi connectivity index (χ2n) is 2.33. The molecule has 0 amide bonds. The van der Waals surface area contributed by atoms with E-state index in [4.69, 9.17) is 16.4 Å². The first-order valence-electron chi connectivity index (χ1n) is 3.41. The molecule has 0 atom stereocenters. The number of hydrogen-bond donors (Lipinski definition) is 2. The molecule has 0 radical (unpaired) electrons. The van der Waals surface area contributed by atoms with E-state index in [-0.39, 0.29) is 5.84 Å². The molecule has 0 aliphatic carbocycles. The number of pyridine rings is 1. The summed E-state index contributed by atoms with van der Waals surface area (Å²) < 4.78 is 0. The minimum atomic E-state index is 0.0533. The standard InChI is InChI=1S/C8H8N4/c9-5-7-3-1-2-6(12-7)4-8(10)11/h1-3H,4H2,(H3,10,11). The van der Waals surface area contributed by atoms with Crippen LogP contribution in [0.1, 0.15) is 11.4 Å². The maximum absolute atomic E-state index is 8.50. The van der Waals surface area contributed by atoms with Crippen molar-refractivity contribution >= 4 is 5.84 Å². The predicted octanol–water partition coefficient (Wildman–Crippen LogP) is 0.432. The third-order valence-corrected chi connectivity index (χ3v) is 1.29. The van der Waals surface area contributed by atoms with Gasteiger partial charge in [-0.2, -0.15) is 5.26 Å². The van der Waals surface area contributed by atoms with Gasteiger partial charge in [0.2, 0.25) is 0 Å². The Morgan fingerprint density at radius 3 is 3.00 bits per heavy atom. The van der Waals surface area contributed by atoms with Crippen LogP contribution in [0, 0.1) is 16.7 Å². The summed E-state index contributed by atoms with van der Waals surface area (Å²) in [6, 6.07) is 7.00. The molecule has 4 nitrogen and oxygen atoms in total. The van der Waals surface area contributed by atoms with Crippen molar-refractivity contribution in [3.63, 3.8) is 0 Å². The topological polar surface area (TPSA) is 86.5 Å². The molecule has 60 valence electrons. The summed E-state index contributed by atoms with van der Waals surface area (Å²) >= 11 is 0. The van der Waals surface area contributed by atoms with Gasteiger partial charge in [-0.3, -0.25) is 5.41 Å². The lowest BCUT2D eigenvalue weighted by molar-refractivity contribution is 1.10. The lowest BCUT2D eigenvalue weighted by atomic mass is 10.2. The van der Waals surface area contributed by atoms with E-state index in [0.29, 0.717) is 17.8 Å². The van der Waals surface area contributed by atoms with Crippen molar-refractivity contribution in [3.05, 3.63) is 29.6 Å². The summed E-state index contributed by atoms with van der Waals surface area (Å²) in [4.78, 5) is 3.95.